The van der Waals surface area contributed by atoms with Gasteiger partial charge in [0.05, 0.1) is 18.3 Å². The maximum absolute atomic E-state index is 10.9. The molecule has 3 nitrogen and oxygen atoms in total. The number of hydrogen-bond donors (Lipinski definition) is 3. The highest BCUT2D eigenvalue weighted by molar-refractivity contribution is 5.39. The highest BCUT2D eigenvalue weighted by Gasteiger charge is 2.31. The van der Waals surface area contributed by atoms with Gasteiger partial charge in [0.1, 0.15) is 0 Å². The minimum Gasteiger partial charge on any atom is -0.392 e. The molecule has 6 rings (SSSR count). The Morgan fingerprint density at radius 1 is 0.478 bits per heavy atom. The molecule has 248 valence electrons. The van der Waals surface area contributed by atoms with Gasteiger partial charge < -0.3 is 15.3 Å². The van der Waals surface area contributed by atoms with Crippen LogP contribution in [0.5, 0.6) is 0 Å². The van der Waals surface area contributed by atoms with Crippen molar-refractivity contribution in [2.24, 2.45) is 17.8 Å². The second kappa shape index (κ2) is 14.8. The molecule has 3 aromatic carbocycles. The Labute approximate surface area is 278 Å². The molecule has 0 heterocycles. The molecular weight excluding hydrogens is 564 g/mol. The summed E-state index contributed by atoms with van der Waals surface area (Å²) < 4.78 is 0. The summed E-state index contributed by atoms with van der Waals surface area (Å²) in [5.41, 5.74) is 7.80. The van der Waals surface area contributed by atoms with Crippen LogP contribution in [0.3, 0.4) is 0 Å². The zero-order valence-corrected chi connectivity index (χ0v) is 28.7. The predicted molar refractivity (Wildman–Crippen MR) is 189 cm³/mol. The molecule has 3 fully saturated rings. The number of rotatable bonds is 8. The lowest BCUT2D eigenvalue weighted by Gasteiger charge is -2.32. The van der Waals surface area contributed by atoms with Gasteiger partial charge >= 0.3 is 0 Å². The van der Waals surface area contributed by atoms with Crippen molar-refractivity contribution in [3.63, 3.8) is 0 Å². The quantitative estimate of drug-likeness (QED) is 0.234. The Morgan fingerprint density at radius 3 is 1.09 bits per heavy atom. The largest absolute Gasteiger partial charge is 0.392 e. The number of benzene rings is 3. The molecule has 10 unspecified atom stereocenters. The standard InChI is InChI=1S/C43H58O3/c1-27-5-20-37(41(44)23-27)32-10-8-31(9-11-32)30(4)26-40(35-16-12-33(13-17-35)38-21-6-28(2)24-42(38)45)36-18-14-34(15-19-36)39-22-7-29(3)25-43(39)46/h8-19,27-30,37-46H,5-7,20-26H2,1-4H3. The summed E-state index contributed by atoms with van der Waals surface area (Å²) >= 11 is 0. The van der Waals surface area contributed by atoms with Gasteiger partial charge in [-0.3, -0.25) is 0 Å². The molecule has 0 aliphatic heterocycles. The van der Waals surface area contributed by atoms with Crippen molar-refractivity contribution >= 4 is 0 Å². The van der Waals surface area contributed by atoms with Crippen molar-refractivity contribution in [3.05, 3.63) is 106 Å². The van der Waals surface area contributed by atoms with Crippen molar-refractivity contribution in [1.29, 1.82) is 0 Å². The highest BCUT2D eigenvalue weighted by Crippen LogP contribution is 2.41. The van der Waals surface area contributed by atoms with E-state index in [2.05, 4.69) is 100 Å². The zero-order valence-electron chi connectivity index (χ0n) is 28.7. The van der Waals surface area contributed by atoms with Crippen LogP contribution in [0.1, 0.15) is 155 Å². The molecule has 46 heavy (non-hydrogen) atoms. The maximum atomic E-state index is 10.9. The van der Waals surface area contributed by atoms with Crippen LogP contribution in [0.15, 0.2) is 72.8 Å². The molecular formula is C43H58O3. The van der Waals surface area contributed by atoms with Crippen molar-refractivity contribution in [2.75, 3.05) is 0 Å². The minimum absolute atomic E-state index is 0.232. The third kappa shape index (κ3) is 7.64. The summed E-state index contributed by atoms with van der Waals surface area (Å²) in [6, 6.07) is 27.5. The Bertz CT molecular complexity index is 1310. The maximum Gasteiger partial charge on any atom is 0.0611 e. The lowest BCUT2D eigenvalue weighted by atomic mass is 9.75. The summed E-state index contributed by atoms with van der Waals surface area (Å²) in [6.45, 7) is 9.10. The molecule has 0 spiro atoms. The van der Waals surface area contributed by atoms with Crippen LogP contribution in [0.25, 0.3) is 0 Å². The van der Waals surface area contributed by atoms with Gasteiger partial charge in [0.15, 0.2) is 0 Å². The summed E-state index contributed by atoms with van der Waals surface area (Å²) in [6.07, 6.45) is 9.68. The fourth-order valence-corrected chi connectivity index (χ4v) is 9.20. The van der Waals surface area contributed by atoms with Gasteiger partial charge in [-0.05, 0) is 121 Å². The van der Waals surface area contributed by atoms with Gasteiger partial charge in [-0.15, -0.1) is 0 Å². The van der Waals surface area contributed by atoms with Crippen LogP contribution in [0.4, 0.5) is 0 Å². The summed E-state index contributed by atoms with van der Waals surface area (Å²) in [5, 5.41) is 32.5. The number of hydrogen-bond acceptors (Lipinski definition) is 3. The fraction of sp³-hybridized carbons (Fsp3) is 0.581. The SMILES string of the molecule is CC1CCC(c2ccc(C(C)CC(c3ccc(C4CCC(C)CC4O)cc3)c3ccc(C4CCC(C)CC4O)cc3)cc2)C(O)C1. The Morgan fingerprint density at radius 2 is 0.783 bits per heavy atom. The van der Waals surface area contributed by atoms with Crippen LogP contribution < -0.4 is 0 Å². The molecule has 3 aliphatic carbocycles. The van der Waals surface area contributed by atoms with Gasteiger partial charge in [0.25, 0.3) is 0 Å². The lowest BCUT2D eigenvalue weighted by molar-refractivity contribution is 0.0830. The topological polar surface area (TPSA) is 60.7 Å². The number of aliphatic hydroxyl groups excluding tert-OH is 3. The minimum atomic E-state index is -0.253. The van der Waals surface area contributed by atoms with Crippen molar-refractivity contribution < 1.29 is 15.3 Å². The van der Waals surface area contributed by atoms with E-state index in [0.717, 1.165) is 44.9 Å². The molecule has 3 N–H and O–H groups in total. The van der Waals surface area contributed by atoms with Crippen molar-refractivity contribution in [3.8, 4) is 0 Å². The molecule has 3 saturated carbocycles. The molecule has 0 bridgehead atoms. The lowest BCUT2D eigenvalue weighted by Crippen LogP contribution is -2.26. The van der Waals surface area contributed by atoms with Gasteiger partial charge in [-0.1, -0.05) is 100 Å². The molecule has 3 heteroatoms. The molecule has 10 atom stereocenters. The summed E-state index contributed by atoms with van der Waals surface area (Å²) in [4.78, 5) is 0. The Balaban J connectivity index is 1.23. The van der Waals surface area contributed by atoms with Gasteiger partial charge in [0.2, 0.25) is 0 Å². The first-order chi connectivity index (χ1) is 22.2. The highest BCUT2D eigenvalue weighted by atomic mass is 16.3. The van der Waals surface area contributed by atoms with E-state index in [1.54, 1.807) is 0 Å². The van der Waals surface area contributed by atoms with Crippen LogP contribution in [-0.4, -0.2) is 33.6 Å². The van der Waals surface area contributed by atoms with Crippen LogP contribution >= 0.6 is 0 Å². The average Bonchev–Trinajstić information content (AvgIpc) is 3.04. The molecule has 0 saturated heterocycles. The predicted octanol–water partition coefficient (Wildman–Crippen LogP) is 9.81. The first kappa shape index (κ1) is 33.4. The molecule has 0 aromatic heterocycles. The molecule has 0 radical (unpaired) electrons. The van der Waals surface area contributed by atoms with E-state index in [4.69, 9.17) is 0 Å². The molecule has 3 aromatic rings. The monoisotopic (exact) mass is 622 g/mol. The van der Waals surface area contributed by atoms with Crippen molar-refractivity contribution in [2.45, 2.75) is 140 Å². The van der Waals surface area contributed by atoms with E-state index in [1.807, 2.05) is 0 Å². The van der Waals surface area contributed by atoms with Crippen LogP contribution in [0, 0.1) is 17.8 Å². The van der Waals surface area contributed by atoms with Crippen LogP contribution in [-0.2, 0) is 0 Å². The first-order valence-electron chi connectivity index (χ1n) is 18.5. The van der Waals surface area contributed by atoms with E-state index in [0.29, 0.717) is 23.7 Å². The zero-order chi connectivity index (χ0) is 32.4. The molecule has 0 amide bonds. The van der Waals surface area contributed by atoms with E-state index >= 15 is 0 Å². The van der Waals surface area contributed by atoms with Gasteiger partial charge in [-0.2, -0.15) is 0 Å². The smallest absolute Gasteiger partial charge is 0.0611 e. The van der Waals surface area contributed by atoms with Gasteiger partial charge in [-0.25, -0.2) is 0 Å². The molecule has 3 aliphatic rings. The second-order valence-corrected chi connectivity index (χ2v) is 16.0. The van der Waals surface area contributed by atoms with Crippen molar-refractivity contribution in [1.82, 2.24) is 0 Å². The van der Waals surface area contributed by atoms with E-state index in [1.165, 1.54) is 52.6 Å². The van der Waals surface area contributed by atoms with E-state index < -0.39 is 0 Å². The number of aliphatic hydroxyl groups is 3. The summed E-state index contributed by atoms with van der Waals surface area (Å²) in [5.74, 6) is 3.13. The third-order valence-corrected chi connectivity index (χ3v) is 12.3. The first-order valence-corrected chi connectivity index (χ1v) is 18.5. The Hall–Kier alpha value is -2.46. The normalized spacial score (nSPS) is 33.3. The fourth-order valence-electron chi connectivity index (χ4n) is 9.20. The van der Waals surface area contributed by atoms with E-state index in [9.17, 15) is 15.3 Å². The Kier molecular flexibility index (Phi) is 10.7. The second-order valence-electron chi connectivity index (χ2n) is 16.0. The van der Waals surface area contributed by atoms with Crippen LogP contribution in [0.2, 0.25) is 0 Å². The van der Waals surface area contributed by atoms with E-state index in [-0.39, 0.29) is 42.0 Å². The van der Waals surface area contributed by atoms with Gasteiger partial charge in [0, 0.05) is 23.7 Å². The third-order valence-electron chi connectivity index (χ3n) is 12.3. The average molecular weight is 623 g/mol. The summed E-state index contributed by atoms with van der Waals surface area (Å²) in [7, 11) is 0.